The quantitative estimate of drug-likeness (QED) is 0.782. The molecule has 0 saturated heterocycles. The minimum Gasteiger partial charge on any atom is -0.481 e. The minimum atomic E-state index is -0.875. The van der Waals surface area contributed by atoms with Crippen molar-refractivity contribution in [3.05, 3.63) is 35.4 Å². The normalized spacial score (nSPS) is 9.93. The highest BCUT2D eigenvalue weighted by atomic mass is 35.5. The van der Waals surface area contributed by atoms with E-state index < -0.39 is 11.2 Å². The molecular weight excluding hydrogens is 216 g/mol. The Morgan fingerprint density at radius 3 is 2.33 bits per heavy atom. The summed E-state index contributed by atoms with van der Waals surface area (Å²) in [6.07, 6.45) is 0.705. The molecule has 3 nitrogen and oxygen atoms in total. The van der Waals surface area contributed by atoms with E-state index in [-0.39, 0.29) is 12.8 Å². The Morgan fingerprint density at radius 1 is 1.20 bits per heavy atom. The summed E-state index contributed by atoms with van der Waals surface area (Å²) in [7, 11) is 0. The van der Waals surface area contributed by atoms with Crippen molar-refractivity contribution in [2.24, 2.45) is 0 Å². The Kier molecular flexibility index (Phi) is 4.31. The Labute approximate surface area is 92.7 Å². The van der Waals surface area contributed by atoms with Crippen molar-refractivity contribution < 1.29 is 14.7 Å². The van der Waals surface area contributed by atoms with Crippen molar-refractivity contribution in [3.8, 4) is 0 Å². The van der Waals surface area contributed by atoms with Gasteiger partial charge < -0.3 is 5.11 Å². The van der Waals surface area contributed by atoms with Gasteiger partial charge in [0.05, 0.1) is 6.42 Å². The van der Waals surface area contributed by atoms with Gasteiger partial charge in [-0.3, -0.25) is 9.59 Å². The van der Waals surface area contributed by atoms with Crippen LogP contribution in [-0.4, -0.2) is 16.3 Å². The number of carbonyl (C=O) groups is 2. The summed E-state index contributed by atoms with van der Waals surface area (Å²) in [6, 6.07) is 7.17. The third-order valence-electron chi connectivity index (χ3n) is 2.05. The van der Waals surface area contributed by atoms with Gasteiger partial charge in [0.2, 0.25) is 5.24 Å². The lowest BCUT2D eigenvalue weighted by Crippen LogP contribution is -2.04. The number of aliphatic carboxylic acids is 1. The van der Waals surface area contributed by atoms with Crippen LogP contribution in [0.15, 0.2) is 24.3 Å². The van der Waals surface area contributed by atoms with Crippen LogP contribution in [0.2, 0.25) is 0 Å². The first kappa shape index (κ1) is 11.7. The van der Waals surface area contributed by atoms with Gasteiger partial charge in [-0.1, -0.05) is 24.3 Å². The fourth-order valence-electron chi connectivity index (χ4n) is 1.37. The van der Waals surface area contributed by atoms with Crippen molar-refractivity contribution in [2.45, 2.75) is 19.3 Å². The summed E-state index contributed by atoms with van der Waals surface area (Å²) in [5, 5.41) is 8.27. The molecule has 1 N–H and O–H groups in total. The van der Waals surface area contributed by atoms with Crippen molar-refractivity contribution >= 4 is 22.8 Å². The second-order valence-electron chi connectivity index (χ2n) is 3.19. The van der Waals surface area contributed by atoms with Crippen LogP contribution in [0, 0.1) is 0 Å². The number of rotatable bonds is 5. The van der Waals surface area contributed by atoms with Gasteiger partial charge in [-0.15, -0.1) is 0 Å². The average Bonchev–Trinajstić information content (AvgIpc) is 2.15. The van der Waals surface area contributed by atoms with Crippen LogP contribution < -0.4 is 0 Å². The second-order valence-corrected chi connectivity index (χ2v) is 3.62. The van der Waals surface area contributed by atoms with Gasteiger partial charge in [-0.25, -0.2) is 0 Å². The van der Waals surface area contributed by atoms with Crippen molar-refractivity contribution in [2.75, 3.05) is 0 Å². The fourth-order valence-corrected chi connectivity index (χ4v) is 1.46. The number of hydrogen-bond donors (Lipinski definition) is 1. The third kappa shape index (κ3) is 4.13. The SMILES string of the molecule is O=C(O)Cc1ccccc1CCC(=O)Cl. The molecule has 15 heavy (non-hydrogen) atoms. The molecular formula is C11H11ClO3. The molecule has 0 unspecified atom stereocenters. The Hall–Kier alpha value is -1.35. The van der Waals surface area contributed by atoms with Gasteiger partial charge >= 0.3 is 5.97 Å². The molecule has 0 amide bonds. The summed E-state index contributed by atoms with van der Waals surface area (Å²) in [6.45, 7) is 0. The Balaban J connectivity index is 2.76. The van der Waals surface area contributed by atoms with Crippen LogP contribution in [0.4, 0.5) is 0 Å². The van der Waals surface area contributed by atoms with Crippen LogP contribution in [-0.2, 0) is 22.4 Å². The summed E-state index contributed by atoms with van der Waals surface area (Å²) in [4.78, 5) is 21.2. The zero-order valence-electron chi connectivity index (χ0n) is 8.07. The number of carboxylic acid groups (broad SMARTS) is 1. The van der Waals surface area contributed by atoms with Gasteiger partial charge in [0.15, 0.2) is 0 Å². The number of carboxylic acids is 1. The predicted molar refractivity (Wildman–Crippen MR) is 57.0 cm³/mol. The molecule has 0 radical (unpaired) electrons. The first-order valence-electron chi connectivity index (χ1n) is 4.56. The molecule has 0 saturated carbocycles. The maximum atomic E-state index is 10.6. The van der Waals surface area contributed by atoms with E-state index in [4.69, 9.17) is 16.7 Å². The predicted octanol–water partition coefficient (Wildman–Crippen LogP) is 2.01. The highest BCUT2D eigenvalue weighted by Crippen LogP contribution is 2.12. The highest BCUT2D eigenvalue weighted by Gasteiger charge is 2.07. The zero-order valence-corrected chi connectivity index (χ0v) is 8.83. The maximum Gasteiger partial charge on any atom is 0.307 e. The largest absolute Gasteiger partial charge is 0.481 e. The standard InChI is InChI=1S/C11H11ClO3/c12-10(13)6-5-8-3-1-2-4-9(8)7-11(14)15/h1-4H,5-7H2,(H,14,15). The monoisotopic (exact) mass is 226 g/mol. The van der Waals surface area contributed by atoms with Gasteiger partial charge in [0.1, 0.15) is 0 Å². The van der Waals surface area contributed by atoms with Crippen molar-refractivity contribution in [1.29, 1.82) is 0 Å². The summed E-state index contributed by atoms with van der Waals surface area (Å²) in [5.74, 6) is -0.875. The molecule has 4 heteroatoms. The number of benzene rings is 1. The molecule has 0 aliphatic rings. The molecule has 1 aromatic carbocycles. The summed E-state index contributed by atoms with van der Waals surface area (Å²) < 4.78 is 0. The van der Waals surface area contributed by atoms with E-state index in [1.165, 1.54) is 0 Å². The Morgan fingerprint density at radius 2 is 1.80 bits per heavy atom. The topological polar surface area (TPSA) is 54.4 Å². The lowest BCUT2D eigenvalue weighted by molar-refractivity contribution is -0.136. The van der Waals surface area contributed by atoms with Crippen LogP contribution in [0.25, 0.3) is 0 Å². The smallest absolute Gasteiger partial charge is 0.307 e. The third-order valence-corrected chi connectivity index (χ3v) is 2.24. The molecule has 0 aromatic heterocycles. The summed E-state index contributed by atoms with van der Waals surface area (Å²) >= 11 is 5.23. The van der Waals surface area contributed by atoms with E-state index in [9.17, 15) is 9.59 Å². The molecule has 1 aromatic rings. The van der Waals surface area contributed by atoms with E-state index >= 15 is 0 Å². The lowest BCUT2D eigenvalue weighted by Gasteiger charge is -2.05. The number of carbonyl (C=O) groups excluding carboxylic acids is 1. The van der Waals surface area contributed by atoms with Gasteiger partial charge in [-0.05, 0) is 29.1 Å². The number of halogens is 1. The van der Waals surface area contributed by atoms with Crippen molar-refractivity contribution in [1.82, 2.24) is 0 Å². The molecule has 0 atom stereocenters. The molecule has 0 aliphatic carbocycles. The van der Waals surface area contributed by atoms with Gasteiger partial charge in [0, 0.05) is 6.42 Å². The van der Waals surface area contributed by atoms with Gasteiger partial charge in [0.25, 0.3) is 0 Å². The first-order chi connectivity index (χ1) is 7.09. The minimum absolute atomic E-state index is 0.0212. The first-order valence-corrected chi connectivity index (χ1v) is 4.94. The van der Waals surface area contributed by atoms with Gasteiger partial charge in [-0.2, -0.15) is 0 Å². The highest BCUT2D eigenvalue weighted by molar-refractivity contribution is 6.63. The van der Waals surface area contributed by atoms with Crippen LogP contribution in [0.3, 0.4) is 0 Å². The van der Waals surface area contributed by atoms with E-state index in [2.05, 4.69) is 0 Å². The lowest BCUT2D eigenvalue weighted by atomic mass is 10.0. The molecule has 1 rings (SSSR count). The fraction of sp³-hybridized carbons (Fsp3) is 0.273. The van der Waals surface area contributed by atoms with E-state index in [1.54, 1.807) is 12.1 Å². The number of aryl methyl sites for hydroxylation is 1. The van der Waals surface area contributed by atoms with E-state index in [0.29, 0.717) is 6.42 Å². The molecule has 80 valence electrons. The molecule has 0 aliphatic heterocycles. The van der Waals surface area contributed by atoms with Crippen LogP contribution in [0.1, 0.15) is 17.5 Å². The molecule has 0 bridgehead atoms. The Bertz CT molecular complexity index is 374. The molecule has 0 fully saturated rings. The number of hydrogen-bond acceptors (Lipinski definition) is 2. The van der Waals surface area contributed by atoms with E-state index in [0.717, 1.165) is 11.1 Å². The van der Waals surface area contributed by atoms with Crippen LogP contribution >= 0.6 is 11.6 Å². The van der Waals surface area contributed by atoms with Crippen molar-refractivity contribution in [3.63, 3.8) is 0 Å². The molecule has 0 heterocycles. The average molecular weight is 227 g/mol. The van der Waals surface area contributed by atoms with E-state index in [1.807, 2.05) is 12.1 Å². The van der Waals surface area contributed by atoms with Crippen LogP contribution in [0.5, 0.6) is 0 Å². The summed E-state index contributed by atoms with van der Waals surface area (Å²) in [5.41, 5.74) is 1.61. The zero-order chi connectivity index (χ0) is 11.3. The maximum absolute atomic E-state index is 10.6. The second kappa shape index (κ2) is 5.51. The molecule has 0 spiro atoms.